The first-order chi connectivity index (χ1) is 9.75. The van der Waals surface area contributed by atoms with Gasteiger partial charge in [-0.3, -0.25) is 4.79 Å². The molecule has 1 aliphatic rings. The molecular formula is C12H23N3O5S. The highest BCUT2D eigenvalue weighted by Gasteiger charge is 2.41. The number of carboxylic acid groups (broad SMARTS) is 1. The quantitative estimate of drug-likeness (QED) is 0.464. The Morgan fingerprint density at radius 1 is 1.14 bits per heavy atom. The van der Waals surface area contributed by atoms with E-state index in [1.54, 1.807) is 0 Å². The Labute approximate surface area is 124 Å². The topological polar surface area (TPSA) is 125 Å². The fourth-order valence-electron chi connectivity index (χ4n) is 2.38. The molecule has 0 bridgehead atoms. The molecule has 4 N–H and O–H groups in total. The van der Waals surface area contributed by atoms with Gasteiger partial charge in [0.2, 0.25) is 10.0 Å². The van der Waals surface area contributed by atoms with Crippen molar-refractivity contribution in [2.75, 3.05) is 25.9 Å². The molecule has 1 saturated carbocycles. The summed E-state index contributed by atoms with van der Waals surface area (Å²) in [6.07, 6.45) is 4.44. The van der Waals surface area contributed by atoms with E-state index in [-0.39, 0.29) is 13.1 Å². The molecule has 0 aliphatic heterocycles. The van der Waals surface area contributed by atoms with E-state index in [1.165, 1.54) is 0 Å². The van der Waals surface area contributed by atoms with Gasteiger partial charge in [-0.2, -0.15) is 0 Å². The van der Waals surface area contributed by atoms with Crippen LogP contribution in [0.2, 0.25) is 0 Å². The third kappa shape index (κ3) is 6.30. The number of rotatable bonds is 8. The van der Waals surface area contributed by atoms with Crippen molar-refractivity contribution in [3.63, 3.8) is 0 Å². The number of nitrogens with one attached hydrogen (secondary N) is 3. The van der Waals surface area contributed by atoms with E-state index in [2.05, 4.69) is 15.4 Å². The lowest BCUT2D eigenvalue weighted by molar-refractivity contribution is -0.148. The highest BCUT2D eigenvalue weighted by atomic mass is 32.2. The van der Waals surface area contributed by atoms with Crippen molar-refractivity contribution in [3.05, 3.63) is 0 Å². The molecule has 0 unspecified atom stereocenters. The van der Waals surface area contributed by atoms with Crippen LogP contribution in [0.4, 0.5) is 4.79 Å². The van der Waals surface area contributed by atoms with Gasteiger partial charge < -0.3 is 15.7 Å². The zero-order valence-corrected chi connectivity index (χ0v) is 13.0. The Morgan fingerprint density at radius 3 is 2.29 bits per heavy atom. The third-order valence-corrected chi connectivity index (χ3v) is 4.33. The standard InChI is InChI=1S/C12H23N3O5S/c1-21(19,20)15-8-4-7-13-11(18)14-9-12(10(16)17)5-2-3-6-12/h15H,2-9H2,1H3,(H,16,17)(H2,13,14,18). The minimum atomic E-state index is -3.21. The Morgan fingerprint density at radius 2 is 1.76 bits per heavy atom. The molecule has 0 atom stereocenters. The number of carboxylic acids is 1. The molecule has 0 radical (unpaired) electrons. The van der Waals surface area contributed by atoms with Crippen molar-refractivity contribution in [1.29, 1.82) is 0 Å². The summed E-state index contributed by atoms with van der Waals surface area (Å²) < 4.78 is 23.9. The summed E-state index contributed by atoms with van der Waals surface area (Å²) in [6.45, 7) is 0.683. The van der Waals surface area contributed by atoms with Crippen molar-refractivity contribution in [2.24, 2.45) is 5.41 Å². The molecule has 2 amide bonds. The lowest BCUT2D eigenvalue weighted by atomic mass is 9.86. The van der Waals surface area contributed by atoms with Crippen LogP contribution in [0.5, 0.6) is 0 Å². The Kier molecular flexibility index (Phi) is 6.41. The average Bonchev–Trinajstić information content (AvgIpc) is 2.84. The molecule has 122 valence electrons. The first-order valence-electron chi connectivity index (χ1n) is 6.95. The summed E-state index contributed by atoms with van der Waals surface area (Å²) >= 11 is 0. The number of aliphatic carboxylic acids is 1. The number of hydrogen-bond donors (Lipinski definition) is 4. The Bertz CT molecular complexity index is 471. The maximum Gasteiger partial charge on any atom is 0.314 e. The SMILES string of the molecule is CS(=O)(=O)NCCCNC(=O)NCC1(C(=O)O)CCCC1. The van der Waals surface area contributed by atoms with Crippen LogP contribution in [0.25, 0.3) is 0 Å². The molecule has 1 fully saturated rings. The van der Waals surface area contributed by atoms with Crippen LogP contribution >= 0.6 is 0 Å². The Balaban J connectivity index is 2.20. The van der Waals surface area contributed by atoms with E-state index < -0.39 is 27.4 Å². The van der Waals surface area contributed by atoms with Crippen molar-refractivity contribution in [3.8, 4) is 0 Å². The van der Waals surface area contributed by atoms with Gasteiger partial charge in [-0.1, -0.05) is 12.8 Å². The molecule has 1 rings (SSSR count). The van der Waals surface area contributed by atoms with E-state index in [9.17, 15) is 23.1 Å². The predicted octanol–water partition coefficient (Wildman–Crippen LogP) is -0.130. The molecular weight excluding hydrogens is 298 g/mol. The van der Waals surface area contributed by atoms with E-state index in [1.807, 2.05) is 0 Å². The van der Waals surface area contributed by atoms with E-state index >= 15 is 0 Å². The lowest BCUT2D eigenvalue weighted by Crippen LogP contribution is -2.45. The van der Waals surface area contributed by atoms with Crippen molar-refractivity contribution in [1.82, 2.24) is 15.4 Å². The van der Waals surface area contributed by atoms with E-state index in [0.29, 0.717) is 25.8 Å². The molecule has 0 aromatic carbocycles. The second-order valence-corrected chi connectivity index (χ2v) is 7.26. The van der Waals surface area contributed by atoms with Crippen molar-refractivity contribution in [2.45, 2.75) is 32.1 Å². The van der Waals surface area contributed by atoms with Gasteiger partial charge in [0.05, 0.1) is 11.7 Å². The number of amides is 2. The fraction of sp³-hybridized carbons (Fsp3) is 0.833. The first-order valence-corrected chi connectivity index (χ1v) is 8.84. The Hall–Kier alpha value is -1.35. The van der Waals surface area contributed by atoms with Gasteiger partial charge in [0.15, 0.2) is 0 Å². The van der Waals surface area contributed by atoms with Crippen LogP contribution in [-0.2, 0) is 14.8 Å². The first kappa shape index (κ1) is 17.7. The van der Waals surface area contributed by atoms with Crippen molar-refractivity contribution < 1.29 is 23.1 Å². The van der Waals surface area contributed by atoms with Gasteiger partial charge >= 0.3 is 12.0 Å². The van der Waals surface area contributed by atoms with Gasteiger partial charge in [0.25, 0.3) is 0 Å². The summed E-state index contributed by atoms with van der Waals surface area (Å²) in [7, 11) is -3.21. The largest absolute Gasteiger partial charge is 0.481 e. The zero-order valence-electron chi connectivity index (χ0n) is 12.1. The number of sulfonamides is 1. The monoisotopic (exact) mass is 321 g/mol. The van der Waals surface area contributed by atoms with Gasteiger partial charge in [-0.25, -0.2) is 17.9 Å². The molecule has 0 aromatic heterocycles. The molecule has 1 aliphatic carbocycles. The van der Waals surface area contributed by atoms with Gasteiger partial charge in [0, 0.05) is 19.6 Å². The van der Waals surface area contributed by atoms with Gasteiger partial charge in [-0.15, -0.1) is 0 Å². The number of hydrogen-bond acceptors (Lipinski definition) is 4. The summed E-state index contributed by atoms with van der Waals surface area (Å²) in [5.74, 6) is -0.863. The number of carbonyl (C=O) groups is 2. The van der Waals surface area contributed by atoms with Gasteiger partial charge in [-0.05, 0) is 19.3 Å². The molecule has 0 spiro atoms. The smallest absolute Gasteiger partial charge is 0.314 e. The van der Waals surface area contributed by atoms with Crippen LogP contribution in [0, 0.1) is 5.41 Å². The van der Waals surface area contributed by atoms with E-state index in [4.69, 9.17) is 0 Å². The van der Waals surface area contributed by atoms with Crippen LogP contribution in [0.15, 0.2) is 0 Å². The third-order valence-electron chi connectivity index (χ3n) is 3.61. The van der Waals surface area contributed by atoms with Gasteiger partial charge in [0.1, 0.15) is 0 Å². The molecule has 0 heterocycles. The predicted molar refractivity (Wildman–Crippen MR) is 77.4 cm³/mol. The summed E-state index contributed by atoms with van der Waals surface area (Å²) in [4.78, 5) is 22.9. The summed E-state index contributed by atoms with van der Waals surface area (Å²) in [6, 6.07) is -0.429. The number of urea groups is 1. The summed E-state index contributed by atoms with van der Waals surface area (Å²) in [5, 5.41) is 14.4. The zero-order chi connectivity index (χ0) is 15.9. The molecule has 21 heavy (non-hydrogen) atoms. The van der Waals surface area contributed by atoms with E-state index in [0.717, 1.165) is 19.1 Å². The second-order valence-electron chi connectivity index (χ2n) is 5.42. The molecule has 8 nitrogen and oxygen atoms in total. The van der Waals surface area contributed by atoms with Crippen LogP contribution in [0.3, 0.4) is 0 Å². The van der Waals surface area contributed by atoms with Crippen molar-refractivity contribution >= 4 is 22.0 Å². The maximum atomic E-state index is 11.6. The van der Waals surface area contributed by atoms with Crippen LogP contribution < -0.4 is 15.4 Å². The highest BCUT2D eigenvalue weighted by Crippen LogP contribution is 2.37. The minimum absolute atomic E-state index is 0.121. The number of carbonyl (C=O) groups excluding carboxylic acids is 1. The normalized spacial score (nSPS) is 17.4. The molecule has 0 aromatic rings. The molecule has 9 heteroatoms. The van der Waals surface area contributed by atoms with Crippen LogP contribution in [-0.4, -0.2) is 51.4 Å². The minimum Gasteiger partial charge on any atom is -0.481 e. The summed E-state index contributed by atoms with van der Waals surface area (Å²) in [5.41, 5.74) is -0.838. The average molecular weight is 321 g/mol. The fourth-order valence-corrected chi connectivity index (χ4v) is 2.89. The molecule has 0 saturated heterocycles. The maximum absolute atomic E-state index is 11.6. The highest BCUT2D eigenvalue weighted by molar-refractivity contribution is 7.88. The van der Waals surface area contributed by atoms with Crippen LogP contribution in [0.1, 0.15) is 32.1 Å². The second kappa shape index (κ2) is 7.60. The lowest BCUT2D eigenvalue weighted by Gasteiger charge is -2.24.